The molecule has 5 nitrogen and oxygen atoms in total. The van der Waals surface area contributed by atoms with Crippen molar-refractivity contribution in [3.8, 4) is 5.75 Å². The monoisotopic (exact) mass is 342 g/mol. The minimum Gasteiger partial charge on any atom is -0.508 e. The van der Waals surface area contributed by atoms with Crippen LogP contribution in [0.25, 0.3) is 0 Å². The fourth-order valence-corrected chi connectivity index (χ4v) is 2.43. The number of amides is 1. The number of aromatic hydroxyl groups is 1. The SMILES string of the molecule is CC(Cc1ccc(O)cc1)Nc1cccc(NC(=O)OC(C)(C)C)c1. The Labute approximate surface area is 149 Å². The number of hydrogen-bond donors (Lipinski definition) is 3. The molecule has 2 aromatic rings. The lowest BCUT2D eigenvalue weighted by atomic mass is 10.1. The van der Waals surface area contributed by atoms with Crippen molar-refractivity contribution in [2.45, 2.75) is 45.8 Å². The highest BCUT2D eigenvalue weighted by Gasteiger charge is 2.16. The summed E-state index contributed by atoms with van der Waals surface area (Å²) >= 11 is 0. The Morgan fingerprint density at radius 3 is 2.40 bits per heavy atom. The van der Waals surface area contributed by atoms with Crippen molar-refractivity contribution in [3.05, 3.63) is 54.1 Å². The number of carbonyl (C=O) groups excluding carboxylic acids is 1. The number of nitrogens with one attached hydrogen (secondary N) is 2. The predicted octanol–water partition coefficient (Wildman–Crippen LogP) is 4.78. The van der Waals surface area contributed by atoms with Gasteiger partial charge in [0, 0.05) is 17.4 Å². The van der Waals surface area contributed by atoms with E-state index in [1.54, 1.807) is 12.1 Å². The molecule has 2 rings (SSSR count). The van der Waals surface area contributed by atoms with Gasteiger partial charge in [-0.05, 0) is 70.0 Å². The first-order chi connectivity index (χ1) is 11.7. The van der Waals surface area contributed by atoms with Gasteiger partial charge in [-0.1, -0.05) is 18.2 Å². The third kappa shape index (κ3) is 6.75. The second-order valence-corrected chi connectivity index (χ2v) is 7.12. The first-order valence-electron chi connectivity index (χ1n) is 8.36. The molecule has 0 saturated heterocycles. The van der Waals surface area contributed by atoms with E-state index in [0.717, 1.165) is 17.7 Å². The van der Waals surface area contributed by atoms with E-state index in [9.17, 15) is 9.90 Å². The fraction of sp³-hybridized carbons (Fsp3) is 0.350. The zero-order valence-electron chi connectivity index (χ0n) is 15.2. The maximum absolute atomic E-state index is 11.9. The number of carbonyl (C=O) groups is 1. The van der Waals surface area contributed by atoms with Crippen molar-refractivity contribution in [2.75, 3.05) is 10.6 Å². The summed E-state index contributed by atoms with van der Waals surface area (Å²) in [5.41, 5.74) is 2.20. The maximum Gasteiger partial charge on any atom is 0.412 e. The molecule has 0 aliphatic heterocycles. The Morgan fingerprint density at radius 2 is 1.76 bits per heavy atom. The van der Waals surface area contributed by atoms with E-state index >= 15 is 0 Å². The molecule has 1 atom stereocenters. The Morgan fingerprint density at radius 1 is 1.12 bits per heavy atom. The van der Waals surface area contributed by atoms with Gasteiger partial charge >= 0.3 is 6.09 Å². The number of benzene rings is 2. The third-order valence-corrected chi connectivity index (χ3v) is 3.40. The summed E-state index contributed by atoms with van der Waals surface area (Å²) in [6, 6.07) is 14.9. The number of rotatable bonds is 5. The minimum absolute atomic E-state index is 0.196. The number of hydrogen-bond acceptors (Lipinski definition) is 4. The van der Waals surface area contributed by atoms with Gasteiger partial charge in [-0.3, -0.25) is 5.32 Å². The van der Waals surface area contributed by atoms with E-state index in [1.165, 1.54) is 0 Å². The van der Waals surface area contributed by atoms with Gasteiger partial charge in [-0.25, -0.2) is 4.79 Å². The lowest BCUT2D eigenvalue weighted by Gasteiger charge is -2.20. The van der Waals surface area contributed by atoms with Gasteiger partial charge in [-0.15, -0.1) is 0 Å². The summed E-state index contributed by atoms with van der Waals surface area (Å²) in [7, 11) is 0. The Balaban J connectivity index is 1.94. The molecule has 0 aliphatic rings. The van der Waals surface area contributed by atoms with Gasteiger partial charge in [0.2, 0.25) is 0 Å². The number of phenols is 1. The van der Waals surface area contributed by atoms with Crippen LogP contribution in [0.2, 0.25) is 0 Å². The molecular weight excluding hydrogens is 316 g/mol. The van der Waals surface area contributed by atoms with Crippen LogP contribution in [0, 0.1) is 0 Å². The van der Waals surface area contributed by atoms with Gasteiger partial charge in [-0.2, -0.15) is 0 Å². The van der Waals surface area contributed by atoms with Gasteiger partial charge in [0.15, 0.2) is 0 Å². The summed E-state index contributed by atoms with van der Waals surface area (Å²) in [6.45, 7) is 7.57. The van der Waals surface area contributed by atoms with Gasteiger partial charge in [0.25, 0.3) is 0 Å². The van der Waals surface area contributed by atoms with E-state index in [-0.39, 0.29) is 11.8 Å². The molecule has 0 bridgehead atoms. The molecule has 0 heterocycles. The molecule has 25 heavy (non-hydrogen) atoms. The molecule has 0 aliphatic carbocycles. The molecule has 0 radical (unpaired) electrons. The van der Waals surface area contributed by atoms with Crippen LogP contribution in [0.5, 0.6) is 5.75 Å². The van der Waals surface area contributed by atoms with Crippen LogP contribution < -0.4 is 10.6 Å². The first-order valence-corrected chi connectivity index (χ1v) is 8.36. The molecule has 3 N–H and O–H groups in total. The Bertz CT molecular complexity index is 706. The third-order valence-electron chi connectivity index (χ3n) is 3.40. The van der Waals surface area contributed by atoms with E-state index < -0.39 is 11.7 Å². The highest BCUT2D eigenvalue weighted by molar-refractivity contribution is 5.85. The van der Waals surface area contributed by atoms with Crippen LogP contribution in [0.4, 0.5) is 16.2 Å². The van der Waals surface area contributed by atoms with E-state index in [0.29, 0.717) is 5.69 Å². The van der Waals surface area contributed by atoms with Crippen molar-refractivity contribution in [3.63, 3.8) is 0 Å². The fourth-order valence-electron chi connectivity index (χ4n) is 2.43. The zero-order chi connectivity index (χ0) is 18.4. The molecule has 0 fully saturated rings. The number of ether oxygens (including phenoxy) is 1. The Kier molecular flexibility index (Phi) is 5.91. The minimum atomic E-state index is -0.529. The zero-order valence-corrected chi connectivity index (χ0v) is 15.2. The van der Waals surface area contributed by atoms with Crippen molar-refractivity contribution in [1.29, 1.82) is 0 Å². The smallest absolute Gasteiger partial charge is 0.412 e. The maximum atomic E-state index is 11.9. The van der Waals surface area contributed by atoms with Crippen LogP contribution in [-0.4, -0.2) is 22.8 Å². The second kappa shape index (κ2) is 7.92. The molecule has 0 aromatic heterocycles. The van der Waals surface area contributed by atoms with E-state index in [2.05, 4.69) is 17.6 Å². The van der Waals surface area contributed by atoms with Crippen LogP contribution in [-0.2, 0) is 11.2 Å². The summed E-state index contributed by atoms with van der Waals surface area (Å²) in [5, 5.41) is 15.5. The van der Waals surface area contributed by atoms with Crippen LogP contribution in [0.15, 0.2) is 48.5 Å². The molecule has 1 amide bonds. The summed E-state index contributed by atoms with van der Waals surface area (Å²) in [5.74, 6) is 0.269. The van der Waals surface area contributed by atoms with Gasteiger partial charge < -0.3 is 15.2 Å². The van der Waals surface area contributed by atoms with Crippen molar-refractivity contribution in [1.82, 2.24) is 0 Å². The Hall–Kier alpha value is -2.69. The molecule has 0 spiro atoms. The number of phenolic OH excluding ortho intramolecular Hbond substituents is 1. The van der Waals surface area contributed by atoms with Crippen LogP contribution in [0.1, 0.15) is 33.3 Å². The highest BCUT2D eigenvalue weighted by atomic mass is 16.6. The van der Waals surface area contributed by atoms with Crippen LogP contribution in [0.3, 0.4) is 0 Å². The molecule has 0 saturated carbocycles. The van der Waals surface area contributed by atoms with Crippen molar-refractivity contribution < 1.29 is 14.6 Å². The molecule has 134 valence electrons. The first kappa shape index (κ1) is 18.6. The predicted molar refractivity (Wildman–Crippen MR) is 101 cm³/mol. The van der Waals surface area contributed by atoms with E-state index in [4.69, 9.17) is 4.74 Å². The molecule has 2 aromatic carbocycles. The normalized spacial score (nSPS) is 12.3. The van der Waals surface area contributed by atoms with Gasteiger partial charge in [0.1, 0.15) is 11.4 Å². The summed E-state index contributed by atoms with van der Waals surface area (Å²) < 4.78 is 5.26. The van der Waals surface area contributed by atoms with Gasteiger partial charge in [0.05, 0.1) is 0 Å². The highest BCUT2D eigenvalue weighted by Crippen LogP contribution is 2.19. The topological polar surface area (TPSA) is 70.6 Å². The largest absolute Gasteiger partial charge is 0.508 e. The lowest BCUT2D eigenvalue weighted by molar-refractivity contribution is 0.0636. The molecular formula is C20H26N2O3. The van der Waals surface area contributed by atoms with Crippen molar-refractivity contribution in [2.24, 2.45) is 0 Å². The average molecular weight is 342 g/mol. The summed E-state index contributed by atoms with van der Waals surface area (Å²) in [4.78, 5) is 11.9. The van der Waals surface area contributed by atoms with Crippen LogP contribution >= 0.6 is 0 Å². The second-order valence-electron chi connectivity index (χ2n) is 7.12. The van der Waals surface area contributed by atoms with E-state index in [1.807, 2.05) is 57.2 Å². The number of anilines is 2. The standard InChI is InChI=1S/C20H26N2O3/c1-14(12-15-8-10-18(23)11-9-15)21-16-6-5-7-17(13-16)22-19(24)25-20(2,3)4/h5-11,13-14,21,23H,12H2,1-4H3,(H,22,24). The summed E-state index contributed by atoms with van der Waals surface area (Å²) in [6.07, 6.45) is 0.353. The quantitative estimate of drug-likeness (QED) is 0.731. The molecule has 1 unspecified atom stereocenters. The van der Waals surface area contributed by atoms with Crippen molar-refractivity contribution >= 4 is 17.5 Å². The molecule has 5 heteroatoms. The average Bonchev–Trinajstić information content (AvgIpc) is 2.48. The lowest BCUT2D eigenvalue weighted by Crippen LogP contribution is -2.27.